The molecule has 0 fully saturated rings. The quantitative estimate of drug-likeness (QED) is 0.362. The van der Waals surface area contributed by atoms with Crippen LogP contribution in [0.4, 0.5) is 11.4 Å². The lowest BCUT2D eigenvalue weighted by molar-refractivity contribution is -0.114. The van der Waals surface area contributed by atoms with E-state index in [9.17, 15) is 13.2 Å². The molecule has 2 N–H and O–H groups in total. The second kappa shape index (κ2) is 8.90. The van der Waals surface area contributed by atoms with Crippen molar-refractivity contribution in [2.24, 2.45) is 0 Å². The van der Waals surface area contributed by atoms with E-state index in [1.54, 1.807) is 12.1 Å². The first kappa shape index (κ1) is 21.7. The fourth-order valence-corrected chi connectivity index (χ4v) is 4.41. The summed E-state index contributed by atoms with van der Waals surface area (Å²) in [6, 6.07) is 24.2. The molecule has 6 nitrogen and oxygen atoms in total. The van der Waals surface area contributed by atoms with Crippen LogP contribution in [0, 0.1) is 0 Å². The second-order valence-corrected chi connectivity index (χ2v) is 9.16. The molecule has 0 aliphatic carbocycles. The molecule has 0 aliphatic rings. The number of anilines is 2. The molecule has 32 heavy (non-hydrogen) atoms. The topological polar surface area (TPSA) is 84.5 Å². The zero-order chi connectivity index (χ0) is 22.7. The number of benzene rings is 4. The van der Waals surface area contributed by atoms with Crippen molar-refractivity contribution in [2.75, 3.05) is 10.0 Å². The Labute approximate surface area is 190 Å². The number of hydrogen-bond acceptors (Lipinski definition) is 4. The summed E-state index contributed by atoms with van der Waals surface area (Å²) in [4.78, 5) is 11.2. The van der Waals surface area contributed by atoms with E-state index in [2.05, 4.69) is 10.0 Å². The Morgan fingerprint density at radius 2 is 1.53 bits per heavy atom. The third kappa shape index (κ3) is 5.01. The zero-order valence-electron chi connectivity index (χ0n) is 17.0. The van der Waals surface area contributed by atoms with Gasteiger partial charge in [0.05, 0.1) is 15.6 Å². The minimum atomic E-state index is -3.83. The lowest BCUT2D eigenvalue weighted by Gasteiger charge is -2.12. The van der Waals surface area contributed by atoms with Gasteiger partial charge in [0.25, 0.3) is 10.0 Å². The molecule has 8 heteroatoms. The first-order chi connectivity index (χ1) is 15.3. The van der Waals surface area contributed by atoms with Gasteiger partial charge in [-0.15, -0.1) is 0 Å². The van der Waals surface area contributed by atoms with Crippen molar-refractivity contribution in [3.05, 3.63) is 90.0 Å². The summed E-state index contributed by atoms with van der Waals surface area (Å²) in [5.74, 6) is 0.794. The average molecular weight is 467 g/mol. The maximum absolute atomic E-state index is 12.7. The van der Waals surface area contributed by atoms with Crippen LogP contribution in [0.15, 0.2) is 89.8 Å². The van der Waals surface area contributed by atoms with E-state index in [0.717, 1.165) is 10.8 Å². The highest BCUT2D eigenvalue weighted by molar-refractivity contribution is 7.92. The van der Waals surface area contributed by atoms with E-state index >= 15 is 0 Å². The Kier molecular flexibility index (Phi) is 6.03. The predicted molar refractivity (Wildman–Crippen MR) is 127 cm³/mol. The summed E-state index contributed by atoms with van der Waals surface area (Å²) in [5.41, 5.74) is 0.807. The minimum Gasteiger partial charge on any atom is -0.456 e. The Hall–Kier alpha value is -3.55. The van der Waals surface area contributed by atoms with Gasteiger partial charge in [0.1, 0.15) is 11.5 Å². The molecule has 0 saturated carbocycles. The van der Waals surface area contributed by atoms with Gasteiger partial charge in [0, 0.05) is 12.6 Å². The number of halogens is 1. The molecule has 0 saturated heterocycles. The molecule has 1 amide bonds. The third-order valence-electron chi connectivity index (χ3n) is 4.62. The summed E-state index contributed by atoms with van der Waals surface area (Å²) in [6.45, 7) is 1.38. The van der Waals surface area contributed by atoms with Crippen LogP contribution >= 0.6 is 11.6 Å². The van der Waals surface area contributed by atoms with Crippen LogP contribution in [0.2, 0.25) is 5.02 Å². The van der Waals surface area contributed by atoms with E-state index in [1.165, 1.54) is 37.3 Å². The second-order valence-electron chi connectivity index (χ2n) is 7.07. The number of fused-ring (bicyclic) bond motifs is 1. The van der Waals surface area contributed by atoms with Crippen LogP contribution in [0.5, 0.6) is 11.5 Å². The van der Waals surface area contributed by atoms with Crippen molar-refractivity contribution in [3.63, 3.8) is 0 Å². The van der Waals surface area contributed by atoms with Crippen molar-refractivity contribution in [1.82, 2.24) is 0 Å². The van der Waals surface area contributed by atoms with E-state index in [-0.39, 0.29) is 15.8 Å². The number of hydrogen-bond donors (Lipinski definition) is 2. The Morgan fingerprint density at radius 3 is 2.22 bits per heavy atom. The van der Waals surface area contributed by atoms with Gasteiger partial charge in [-0.1, -0.05) is 41.9 Å². The largest absolute Gasteiger partial charge is 0.456 e. The van der Waals surface area contributed by atoms with Gasteiger partial charge in [-0.05, 0) is 65.4 Å². The average Bonchev–Trinajstić information content (AvgIpc) is 2.75. The van der Waals surface area contributed by atoms with Gasteiger partial charge < -0.3 is 10.1 Å². The van der Waals surface area contributed by atoms with E-state index in [1.807, 2.05) is 42.5 Å². The van der Waals surface area contributed by atoms with Gasteiger partial charge in [-0.2, -0.15) is 0 Å². The fourth-order valence-electron chi connectivity index (χ4n) is 3.14. The predicted octanol–water partition coefficient (Wildman–Crippen LogP) is 6.04. The van der Waals surface area contributed by atoms with Crippen molar-refractivity contribution >= 4 is 49.7 Å². The summed E-state index contributed by atoms with van der Waals surface area (Å²) in [7, 11) is -3.83. The molecule has 0 aromatic heterocycles. The zero-order valence-corrected chi connectivity index (χ0v) is 18.6. The van der Waals surface area contributed by atoms with E-state index in [4.69, 9.17) is 16.3 Å². The maximum atomic E-state index is 12.7. The molecule has 4 aromatic rings. The van der Waals surface area contributed by atoms with Crippen LogP contribution in [0.25, 0.3) is 10.8 Å². The molecule has 162 valence electrons. The molecule has 4 aromatic carbocycles. The number of rotatable bonds is 6. The van der Waals surface area contributed by atoms with Crippen LogP contribution in [-0.4, -0.2) is 14.3 Å². The van der Waals surface area contributed by atoms with Crippen LogP contribution in [-0.2, 0) is 14.8 Å². The molecular weight excluding hydrogens is 448 g/mol. The first-order valence-electron chi connectivity index (χ1n) is 9.67. The van der Waals surface area contributed by atoms with Crippen LogP contribution in [0.1, 0.15) is 6.92 Å². The van der Waals surface area contributed by atoms with Crippen LogP contribution in [0.3, 0.4) is 0 Å². The van der Waals surface area contributed by atoms with Crippen LogP contribution < -0.4 is 14.8 Å². The van der Waals surface area contributed by atoms with Crippen molar-refractivity contribution in [3.8, 4) is 11.5 Å². The van der Waals surface area contributed by atoms with Crippen molar-refractivity contribution < 1.29 is 17.9 Å². The molecule has 0 heterocycles. The molecule has 0 atom stereocenters. The molecule has 4 rings (SSSR count). The van der Waals surface area contributed by atoms with Crippen molar-refractivity contribution in [1.29, 1.82) is 0 Å². The normalized spacial score (nSPS) is 11.2. The number of amides is 1. The number of sulfonamides is 1. The smallest absolute Gasteiger partial charge is 0.261 e. The number of ether oxygens (including phenoxy) is 1. The summed E-state index contributed by atoms with van der Waals surface area (Å²) in [6.07, 6.45) is 0. The van der Waals surface area contributed by atoms with Gasteiger partial charge in [-0.25, -0.2) is 8.42 Å². The summed E-state index contributed by atoms with van der Waals surface area (Å²) >= 11 is 6.34. The lowest BCUT2D eigenvalue weighted by atomic mass is 10.1. The Bertz CT molecular complexity index is 1400. The highest BCUT2D eigenvalue weighted by Gasteiger charge is 2.15. The lowest BCUT2D eigenvalue weighted by Crippen LogP contribution is -2.13. The van der Waals surface area contributed by atoms with Crippen molar-refractivity contribution in [2.45, 2.75) is 11.8 Å². The fraction of sp³-hybridized carbons (Fsp3) is 0.0417. The molecule has 0 aliphatic heterocycles. The number of carbonyl (C=O) groups is 1. The maximum Gasteiger partial charge on any atom is 0.261 e. The Balaban J connectivity index is 1.50. The molecule has 0 radical (unpaired) electrons. The van der Waals surface area contributed by atoms with Gasteiger partial charge >= 0.3 is 0 Å². The van der Waals surface area contributed by atoms with E-state index < -0.39 is 10.0 Å². The molecule has 0 unspecified atom stereocenters. The highest BCUT2D eigenvalue weighted by Crippen LogP contribution is 2.33. The molecule has 0 spiro atoms. The third-order valence-corrected chi connectivity index (χ3v) is 6.31. The van der Waals surface area contributed by atoms with E-state index in [0.29, 0.717) is 22.9 Å². The minimum absolute atomic E-state index is 0.0548. The monoisotopic (exact) mass is 466 g/mol. The van der Waals surface area contributed by atoms with Gasteiger partial charge in [-0.3, -0.25) is 9.52 Å². The highest BCUT2D eigenvalue weighted by atomic mass is 35.5. The SMILES string of the molecule is CC(=O)Nc1ccc(S(=O)(=O)Nc2ccc(Oc3ccc4ccccc4c3)c(Cl)c2)cc1. The van der Waals surface area contributed by atoms with Gasteiger partial charge in [0.15, 0.2) is 0 Å². The summed E-state index contributed by atoms with van der Waals surface area (Å²) < 4.78 is 33.7. The summed E-state index contributed by atoms with van der Waals surface area (Å²) in [5, 5.41) is 4.99. The first-order valence-corrected chi connectivity index (χ1v) is 11.5. The molecule has 0 bridgehead atoms. The molecular formula is C24H19ClN2O4S. The Morgan fingerprint density at radius 1 is 0.844 bits per heavy atom. The van der Waals surface area contributed by atoms with Gasteiger partial charge in [0.2, 0.25) is 5.91 Å². The number of carbonyl (C=O) groups excluding carboxylic acids is 1. The standard InChI is InChI=1S/C24H19ClN2O4S/c1-16(28)26-19-7-11-22(12-8-19)32(29,30)27-20-9-13-24(23(25)15-20)31-21-10-6-17-4-2-3-5-18(17)14-21/h2-15,27H,1H3,(H,26,28). The number of nitrogens with one attached hydrogen (secondary N) is 2.